The van der Waals surface area contributed by atoms with Gasteiger partial charge in [0.25, 0.3) is 5.91 Å². The van der Waals surface area contributed by atoms with Crippen molar-refractivity contribution in [1.82, 2.24) is 4.90 Å². The van der Waals surface area contributed by atoms with E-state index in [4.69, 9.17) is 21.1 Å². The van der Waals surface area contributed by atoms with E-state index >= 15 is 0 Å². The summed E-state index contributed by atoms with van der Waals surface area (Å²) in [5, 5.41) is 3.21. The number of amides is 2. The molecular weight excluding hydrogens is 416 g/mol. The second kappa shape index (κ2) is 11.0. The van der Waals surface area contributed by atoms with Gasteiger partial charge in [-0.15, -0.1) is 0 Å². The molecule has 0 radical (unpaired) electrons. The van der Waals surface area contributed by atoms with Gasteiger partial charge in [0, 0.05) is 18.3 Å². The summed E-state index contributed by atoms with van der Waals surface area (Å²) in [5.74, 6) is 0.227. The van der Waals surface area contributed by atoms with Gasteiger partial charge in [-0.05, 0) is 57.4 Å². The topological polar surface area (TPSA) is 67.9 Å². The van der Waals surface area contributed by atoms with Crippen LogP contribution in [0.2, 0.25) is 5.02 Å². The highest BCUT2D eigenvalue weighted by molar-refractivity contribution is 6.32. The molecule has 168 valence electrons. The highest BCUT2D eigenvalue weighted by Crippen LogP contribution is 2.37. The first-order valence-corrected chi connectivity index (χ1v) is 10.8. The number of halogens is 1. The maximum absolute atomic E-state index is 12.9. The zero-order valence-corrected chi connectivity index (χ0v) is 19.9. The molecule has 0 aliphatic rings. The third-order valence-electron chi connectivity index (χ3n) is 4.68. The summed E-state index contributed by atoms with van der Waals surface area (Å²) in [4.78, 5) is 26.9. The Morgan fingerprint density at radius 1 is 1.03 bits per heavy atom. The van der Waals surface area contributed by atoms with Crippen molar-refractivity contribution in [2.24, 2.45) is 0 Å². The lowest BCUT2D eigenvalue weighted by Gasteiger charge is -2.20. The maximum Gasteiger partial charge on any atom is 0.254 e. The van der Waals surface area contributed by atoms with Crippen molar-refractivity contribution >= 4 is 29.1 Å². The first kappa shape index (κ1) is 24.5. The minimum Gasteiger partial charge on any atom is -0.490 e. The van der Waals surface area contributed by atoms with Crippen molar-refractivity contribution < 1.29 is 19.1 Å². The number of anilines is 1. The number of benzene rings is 2. The number of carbonyl (C=O) groups excluding carboxylic acids is 2. The maximum atomic E-state index is 12.9. The Morgan fingerprint density at radius 2 is 1.68 bits per heavy atom. The van der Waals surface area contributed by atoms with Gasteiger partial charge in [0.2, 0.25) is 5.91 Å². The van der Waals surface area contributed by atoms with Gasteiger partial charge in [-0.3, -0.25) is 9.59 Å². The molecule has 0 bridgehead atoms. The molecule has 2 aromatic carbocycles. The summed E-state index contributed by atoms with van der Waals surface area (Å²) in [6.45, 7) is 10.5. The molecule has 2 aromatic rings. The normalized spacial score (nSPS) is 10.5. The molecule has 0 fully saturated rings. The van der Waals surface area contributed by atoms with Gasteiger partial charge >= 0.3 is 0 Å². The molecule has 0 spiro atoms. The minimum atomic E-state index is -0.336. The van der Waals surface area contributed by atoms with Crippen LogP contribution in [-0.4, -0.2) is 43.5 Å². The summed E-state index contributed by atoms with van der Waals surface area (Å²) in [5.41, 5.74) is 4.20. The highest BCUT2D eigenvalue weighted by Gasteiger charge is 2.20. The quantitative estimate of drug-likeness (QED) is 0.577. The Bertz CT molecular complexity index is 936. The van der Waals surface area contributed by atoms with Gasteiger partial charge in [-0.2, -0.15) is 0 Å². The summed E-state index contributed by atoms with van der Waals surface area (Å²) < 4.78 is 11.3. The summed E-state index contributed by atoms with van der Waals surface area (Å²) >= 11 is 6.36. The van der Waals surface area contributed by atoms with Gasteiger partial charge < -0.3 is 19.7 Å². The third kappa shape index (κ3) is 6.37. The first-order chi connectivity index (χ1) is 14.7. The van der Waals surface area contributed by atoms with Crippen molar-refractivity contribution in [3.63, 3.8) is 0 Å². The molecule has 0 aromatic heterocycles. The second-order valence-electron chi connectivity index (χ2n) is 7.55. The van der Waals surface area contributed by atoms with Crippen LogP contribution in [0.3, 0.4) is 0 Å². The minimum absolute atomic E-state index is 0.0960. The number of nitrogens with zero attached hydrogens (tertiary/aromatic N) is 1. The summed E-state index contributed by atoms with van der Waals surface area (Å²) in [7, 11) is 1.58. The lowest BCUT2D eigenvalue weighted by molar-refractivity contribution is -0.116. The predicted molar refractivity (Wildman–Crippen MR) is 125 cm³/mol. The molecule has 0 aliphatic carbocycles. The van der Waals surface area contributed by atoms with Crippen LogP contribution in [0, 0.1) is 20.8 Å². The van der Waals surface area contributed by atoms with Gasteiger partial charge in [-0.25, -0.2) is 0 Å². The van der Waals surface area contributed by atoms with E-state index in [1.807, 2.05) is 46.8 Å². The molecule has 2 amide bonds. The van der Waals surface area contributed by atoms with Gasteiger partial charge in [0.05, 0.1) is 24.8 Å². The monoisotopic (exact) mass is 446 g/mol. The van der Waals surface area contributed by atoms with Crippen LogP contribution >= 0.6 is 11.6 Å². The Labute approximate surface area is 189 Å². The SMILES string of the molecule is CCCOc1c(Cl)cc(C(=O)N(C)CC(=O)Nc2c(C)cc(C)cc2C)cc1OCC. The average Bonchev–Trinajstić information content (AvgIpc) is 2.69. The number of hydrogen-bond donors (Lipinski definition) is 1. The number of carbonyl (C=O) groups is 2. The van der Waals surface area contributed by atoms with Crippen molar-refractivity contribution in [1.29, 1.82) is 0 Å². The van der Waals surface area contributed by atoms with Crippen molar-refractivity contribution in [3.05, 3.63) is 51.5 Å². The average molecular weight is 447 g/mol. The summed E-state index contributed by atoms with van der Waals surface area (Å²) in [6, 6.07) is 7.17. The Hall–Kier alpha value is -2.73. The largest absolute Gasteiger partial charge is 0.490 e. The lowest BCUT2D eigenvalue weighted by atomic mass is 10.1. The molecule has 2 rings (SSSR count). The number of hydrogen-bond acceptors (Lipinski definition) is 4. The number of likely N-dealkylation sites (N-methyl/N-ethyl adjacent to an activating group) is 1. The molecular formula is C24H31ClN2O4. The Kier molecular flexibility index (Phi) is 8.75. The van der Waals surface area contributed by atoms with E-state index in [9.17, 15) is 9.59 Å². The lowest BCUT2D eigenvalue weighted by Crippen LogP contribution is -2.35. The zero-order valence-electron chi connectivity index (χ0n) is 19.1. The molecule has 0 saturated carbocycles. The van der Waals surface area contributed by atoms with E-state index in [-0.39, 0.29) is 18.4 Å². The fourth-order valence-corrected chi connectivity index (χ4v) is 3.63. The second-order valence-corrected chi connectivity index (χ2v) is 7.96. The molecule has 1 N–H and O–H groups in total. The Morgan fingerprint density at radius 3 is 2.26 bits per heavy atom. The van der Waals surface area contributed by atoms with Crippen LogP contribution in [0.25, 0.3) is 0 Å². The fraction of sp³-hybridized carbons (Fsp3) is 0.417. The number of aryl methyl sites for hydroxylation is 3. The molecule has 7 heteroatoms. The van der Waals surface area contributed by atoms with Crippen molar-refractivity contribution in [3.8, 4) is 11.5 Å². The van der Waals surface area contributed by atoms with Gasteiger partial charge in [-0.1, -0.05) is 36.2 Å². The highest BCUT2D eigenvalue weighted by atomic mass is 35.5. The van der Waals surface area contributed by atoms with Crippen molar-refractivity contribution in [2.75, 3.05) is 32.1 Å². The molecule has 0 saturated heterocycles. The van der Waals surface area contributed by atoms with E-state index in [0.717, 1.165) is 28.8 Å². The van der Waals surface area contributed by atoms with E-state index < -0.39 is 0 Å². The van der Waals surface area contributed by atoms with Gasteiger partial charge in [0.1, 0.15) is 0 Å². The van der Waals surface area contributed by atoms with Crippen molar-refractivity contribution in [2.45, 2.75) is 41.0 Å². The van der Waals surface area contributed by atoms with Gasteiger partial charge in [0.15, 0.2) is 11.5 Å². The van der Waals surface area contributed by atoms with Crippen LogP contribution in [0.15, 0.2) is 24.3 Å². The predicted octanol–water partition coefficient (Wildman–Crippen LogP) is 5.16. The Balaban J connectivity index is 2.16. The summed E-state index contributed by atoms with van der Waals surface area (Å²) in [6.07, 6.45) is 0.820. The van der Waals surface area contributed by atoms with Crippen LogP contribution in [-0.2, 0) is 4.79 Å². The van der Waals surface area contributed by atoms with E-state index in [1.165, 1.54) is 4.90 Å². The van der Waals surface area contributed by atoms with Crippen LogP contribution in [0.4, 0.5) is 5.69 Å². The number of nitrogens with one attached hydrogen (secondary N) is 1. The molecule has 6 nitrogen and oxygen atoms in total. The third-order valence-corrected chi connectivity index (χ3v) is 4.96. The molecule has 0 aliphatic heterocycles. The zero-order chi connectivity index (χ0) is 23.1. The van der Waals surface area contributed by atoms with Crippen LogP contribution < -0.4 is 14.8 Å². The molecule has 0 unspecified atom stereocenters. The fourth-order valence-electron chi connectivity index (χ4n) is 3.36. The molecule has 0 heterocycles. The first-order valence-electron chi connectivity index (χ1n) is 10.4. The van der Waals surface area contributed by atoms with E-state index in [0.29, 0.717) is 35.3 Å². The van der Waals surface area contributed by atoms with Crippen LogP contribution in [0.1, 0.15) is 47.3 Å². The molecule has 31 heavy (non-hydrogen) atoms. The standard InChI is InChI=1S/C24H31ClN2O4/c1-7-9-31-23-19(25)12-18(13-20(23)30-8-2)24(29)27(6)14-21(28)26-22-16(4)10-15(3)11-17(22)5/h10-13H,7-9,14H2,1-6H3,(H,26,28). The van der Waals surface area contributed by atoms with E-state index in [1.54, 1.807) is 19.2 Å². The van der Waals surface area contributed by atoms with E-state index in [2.05, 4.69) is 5.32 Å². The number of rotatable bonds is 9. The number of ether oxygens (including phenoxy) is 2. The smallest absolute Gasteiger partial charge is 0.254 e. The molecule has 0 atom stereocenters. The van der Waals surface area contributed by atoms with Crippen LogP contribution in [0.5, 0.6) is 11.5 Å².